The Morgan fingerprint density at radius 2 is 2.12 bits per heavy atom. The lowest BCUT2D eigenvalue weighted by atomic mass is 10.1. The summed E-state index contributed by atoms with van der Waals surface area (Å²) in [6, 6.07) is 3.53. The lowest BCUT2D eigenvalue weighted by molar-refractivity contribution is -0.128. The fourth-order valence-corrected chi connectivity index (χ4v) is 3.29. The minimum atomic E-state index is -0.529. The van der Waals surface area contributed by atoms with Crippen LogP contribution >= 0.6 is 34.8 Å². The molecule has 0 bridgehead atoms. The maximum absolute atomic E-state index is 12.6. The first-order valence-corrected chi connectivity index (χ1v) is 8.91. The number of amides is 2. The van der Waals surface area contributed by atoms with E-state index in [0.717, 1.165) is 3.57 Å². The molecule has 0 unspecified atom stereocenters. The molecule has 1 fully saturated rings. The molecule has 1 aromatic carbocycles. The molecule has 25 heavy (non-hydrogen) atoms. The van der Waals surface area contributed by atoms with E-state index in [9.17, 15) is 9.59 Å². The summed E-state index contributed by atoms with van der Waals surface area (Å²) >= 11 is 7.15. The first-order valence-electron chi connectivity index (χ1n) is 7.43. The number of ether oxygens (including phenoxy) is 2. The van der Waals surface area contributed by atoms with Gasteiger partial charge < -0.3 is 9.47 Å². The number of hydrogen-bond donors (Lipinski definition) is 1. The van der Waals surface area contributed by atoms with Crippen molar-refractivity contribution in [2.45, 2.75) is 6.92 Å². The van der Waals surface area contributed by atoms with Crippen molar-refractivity contribution in [3.05, 3.63) is 39.5 Å². The summed E-state index contributed by atoms with van der Waals surface area (Å²) in [6.07, 6.45) is 3.05. The van der Waals surface area contributed by atoms with Gasteiger partial charge in [-0.3, -0.25) is 19.8 Å². The number of nitrogens with zero attached hydrogens (tertiary/aromatic N) is 1. The number of carbonyl (C=O) groups is 2. The molecule has 6 nitrogen and oxygen atoms in total. The van der Waals surface area contributed by atoms with Gasteiger partial charge in [-0.05, 0) is 65.5 Å². The molecule has 132 valence electrons. The lowest BCUT2D eigenvalue weighted by Crippen LogP contribution is -2.53. The number of hydrogen-bond acceptors (Lipinski definition) is 5. The normalized spacial score (nSPS) is 16.0. The van der Waals surface area contributed by atoms with Crippen LogP contribution in [0.5, 0.6) is 11.5 Å². The smallest absolute Gasteiger partial charge is 0.265 e. The highest BCUT2D eigenvalue weighted by atomic mass is 127. The van der Waals surface area contributed by atoms with E-state index in [1.54, 1.807) is 12.1 Å². The van der Waals surface area contributed by atoms with Gasteiger partial charge in [-0.25, -0.2) is 0 Å². The fraction of sp³-hybridized carbons (Fsp3) is 0.235. The van der Waals surface area contributed by atoms with Gasteiger partial charge in [0.05, 0.1) is 17.3 Å². The summed E-state index contributed by atoms with van der Waals surface area (Å²) in [7, 11) is 1.54. The Labute approximate surface area is 165 Å². The number of nitrogens with one attached hydrogen (secondary N) is 1. The molecule has 1 saturated heterocycles. The van der Waals surface area contributed by atoms with Crippen molar-refractivity contribution in [3.63, 3.8) is 0 Å². The van der Waals surface area contributed by atoms with Crippen molar-refractivity contribution in [2.24, 2.45) is 0 Å². The van der Waals surface area contributed by atoms with Crippen molar-refractivity contribution < 1.29 is 19.1 Å². The molecule has 1 aliphatic rings. The van der Waals surface area contributed by atoms with E-state index in [1.807, 2.05) is 13.0 Å². The molecular weight excluding hydrogens is 455 g/mol. The number of rotatable bonds is 6. The summed E-state index contributed by atoms with van der Waals surface area (Å²) in [4.78, 5) is 26.0. The Hall–Kier alpha value is -1.94. The molecule has 1 aliphatic heterocycles. The second-order valence-corrected chi connectivity index (χ2v) is 6.54. The van der Waals surface area contributed by atoms with Crippen LogP contribution in [0.4, 0.5) is 0 Å². The molecule has 0 aliphatic carbocycles. The Morgan fingerprint density at radius 3 is 2.72 bits per heavy atom. The van der Waals surface area contributed by atoms with Crippen LogP contribution in [0.15, 0.2) is 30.4 Å². The summed E-state index contributed by atoms with van der Waals surface area (Å²) in [5.74, 6) is 0.166. The Balaban J connectivity index is 2.46. The third-order valence-corrected chi connectivity index (χ3v) is 4.47. The van der Waals surface area contributed by atoms with Gasteiger partial charge >= 0.3 is 0 Å². The van der Waals surface area contributed by atoms with Gasteiger partial charge in [-0.1, -0.05) is 6.08 Å². The zero-order chi connectivity index (χ0) is 18.6. The highest BCUT2D eigenvalue weighted by molar-refractivity contribution is 14.1. The number of methoxy groups -OCH3 is 1. The van der Waals surface area contributed by atoms with Gasteiger partial charge in [0.15, 0.2) is 16.6 Å². The Kier molecular flexibility index (Phi) is 6.54. The maximum atomic E-state index is 12.6. The van der Waals surface area contributed by atoms with Crippen LogP contribution in [0.2, 0.25) is 0 Å². The average molecular weight is 472 g/mol. The predicted molar refractivity (Wildman–Crippen MR) is 108 cm³/mol. The van der Waals surface area contributed by atoms with Crippen molar-refractivity contribution >= 4 is 57.8 Å². The highest BCUT2D eigenvalue weighted by Crippen LogP contribution is 2.34. The number of benzene rings is 1. The predicted octanol–water partition coefficient (Wildman–Crippen LogP) is 2.51. The van der Waals surface area contributed by atoms with Crippen LogP contribution in [0.25, 0.3) is 6.08 Å². The number of halogens is 1. The first-order chi connectivity index (χ1) is 11.9. The molecule has 0 saturated carbocycles. The molecule has 0 aromatic heterocycles. The van der Waals surface area contributed by atoms with E-state index in [4.69, 9.17) is 21.7 Å². The van der Waals surface area contributed by atoms with Gasteiger partial charge in [0.1, 0.15) is 5.57 Å². The lowest BCUT2D eigenvalue weighted by Gasteiger charge is -2.27. The largest absolute Gasteiger partial charge is 0.493 e. The van der Waals surface area contributed by atoms with Crippen molar-refractivity contribution in [2.75, 3.05) is 20.3 Å². The second-order valence-electron chi connectivity index (χ2n) is 4.99. The molecule has 2 rings (SSSR count). The van der Waals surface area contributed by atoms with E-state index in [2.05, 4.69) is 34.5 Å². The van der Waals surface area contributed by atoms with E-state index in [0.29, 0.717) is 23.7 Å². The van der Waals surface area contributed by atoms with Gasteiger partial charge in [0.25, 0.3) is 11.8 Å². The third-order valence-electron chi connectivity index (χ3n) is 3.35. The molecule has 0 atom stereocenters. The van der Waals surface area contributed by atoms with Crippen molar-refractivity contribution in [1.82, 2.24) is 10.2 Å². The number of thiocarbonyl (C=S) groups is 1. The van der Waals surface area contributed by atoms with Gasteiger partial charge in [0, 0.05) is 6.54 Å². The maximum Gasteiger partial charge on any atom is 0.265 e. The highest BCUT2D eigenvalue weighted by Gasteiger charge is 2.32. The quantitative estimate of drug-likeness (QED) is 0.227. The molecule has 1 N–H and O–H groups in total. The van der Waals surface area contributed by atoms with Gasteiger partial charge in [0.2, 0.25) is 0 Å². The van der Waals surface area contributed by atoms with Gasteiger partial charge in [-0.15, -0.1) is 6.58 Å². The fourth-order valence-electron chi connectivity index (χ4n) is 2.26. The minimum Gasteiger partial charge on any atom is -0.493 e. The van der Waals surface area contributed by atoms with Crippen molar-refractivity contribution in [1.29, 1.82) is 0 Å². The molecule has 1 aromatic rings. The van der Waals surface area contributed by atoms with Crippen molar-refractivity contribution in [3.8, 4) is 11.5 Å². The van der Waals surface area contributed by atoms with Gasteiger partial charge in [-0.2, -0.15) is 0 Å². The molecular formula is C17H17IN2O4S. The van der Waals surface area contributed by atoms with Crippen LogP contribution in [0.1, 0.15) is 12.5 Å². The molecule has 0 radical (unpaired) electrons. The van der Waals surface area contributed by atoms with E-state index in [-0.39, 0.29) is 17.2 Å². The first kappa shape index (κ1) is 19.4. The molecule has 8 heteroatoms. The molecule has 1 heterocycles. The zero-order valence-corrected chi connectivity index (χ0v) is 16.8. The standard InChI is InChI=1S/C17H17IN2O4S/c1-4-6-20-16(22)11(15(21)19-17(20)25)7-10-8-12(18)14(24-5-2)13(9-10)23-3/h4,7-9H,1,5-6H2,2-3H3,(H,19,21,25)/b11-7-. The van der Waals surface area contributed by atoms with Crippen LogP contribution < -0.4 is 14.8 Å². The molecule has 0 spiro atoms. The topological polar surface area (TPSA) is 67.9 Å². The van der Waals surface area contributed by atoms with Crippen LogP contribution in [0, 0.1) is 3.57 Å². The Morgan fingerprint density at radius 1 is 1.40 bits per heavy atom. The van der Waals surface area contributed by atoms with E-state index < -0.39 is 11.8 Å². The van der Waals surface area contributed by atoms with E-state index >= 15 is 0 Å². The average Bonchev–Trinajstić information content (AvgIpc) is 2.57. The SMILES string of the molecule is C=CCN1C(=O)/C(=C\c2cc(I)c(OCC)c(OC)c2)C(=O)NC1=S. The van der Waals surface area contributed by atoms with Crippen LogP contribution in [0.3, 0.4) is 0 Å². The summed E-state index contributed by atoms with van der Waals surface area (Å²) in [5.41, 5.74) is 0.645. The monoisotopic (exact) mass is 472 g/mol. The third kappa shape index (κ3) is 4.18. The summed E-state index contributed by atoms with van der Waals surface area (Å²) in [6.45, 7) is 6.20. The van der Waals surface area contributed by atoms with Crippen LogP contribution in [-0.4, -0.2) is 42.1 Å². The van der Waals surface area contributed by atoms with E-state index in [1.165, 1.54) is 18.1 Å². The summed E-state index contributed by atoms with van der Waals surface area (Å²) < 4.78 is 11.7. The second kappa shape index (κ2) is 8.43. The Bertz CT molecular complexity index is 776. The summed E-state index contributed by atoms with van der Waals surface area (Å²) in [5, 5.41) is 2.59. The zero-order valence-electron chi connectivity index (χ0n) is 13.8. The molecule has 2 amide bonds. The minimum absolute atomic E-state index is 0.00235. The van der Waals surface area contributed by atoms with Crippen LogP contribution in [-0.2, 0) is 9.59 Å². The number of carbonyl (C=O) groups excluding carboxylic acids is 2.